The molecule has 0 saturated carbocycles. The van der Waals surface area contributed by atoms with Crippen molar-refractivity contribution < 1.29 is 8.94 Å². The summed E-state index contributed by atoms with van der Waals surface area (Å²) in [7, 11) is 2.02. The number of aromatic nitrogens is 1. The predicted molar refractivity (Wildman–Crippen MR) is 88.3 cm³/mol. The third-order valence-electron chi connectivity index (χ3n) is 3.86. The van der Waals surface area contributed by atoms with Gasteiger partial charge >= 0.3 is 5.63 Å². The van der Waals surface area contributed by atoms with Gasteiger partial charge in [0.25, 0.3) is 0 Å². The minimum absolute atomic E-state index is 0.311. The van der Waals surface area contributed by atoms with E-state index < -0.39 is 0 Å². The molecule has 0 radical (unpaired) electrons. The van der Waals surface area contributed by atoms with Gasteiger partial charge in [-0.15, -0.1) is 0 Å². The van der Waals surface area contributed by atoms with Crippen molar-refractivity contribution >= 4 is 11.0 Å². The molecule has 0 amide bonds. The van der Waals surface area contributed by atoms with E-state index in [0.29, 0.717) is 12.1 Å². The van der Waals surface area contributed by atoms with E-state index in [1.54, 1.807) is 0 Å². The second kappa shape index (κ2) is 6.38. The van der Waals surface area contributed by atoms with Crippen molar-refractivity contribution in [2.24, 2.45) is 0 Å². The van der Waals surface area contributed by atoms with Crippen LogP contribution < -0.4 is 5.63 Å². The van der Waals surface area contributed by atoms with Crippen LogP contribution in [0.2, 0.25) is 0 Å². The zero-order valence-corrected chi connectivity index (χ0v) is 13.6. The Balaban J connectivity index is 1.76. The molecule has 120 valence electrons. The van der Waals surface area contributed by atoms with Crippen LogP contribution in [0.4, 0.5) is 0 Å². The van der Waals surface area contributed by atoms with E-state index in [1.165, 1.54) is 6.07 Å². The molecule has 5 nitrogen and oxygen atoms in total. The van der Waals surface area contributed by atoms with Crippen molar-refractivity contribution in [3.05, 3.63) is 63.3 Å². The lowest BCUT2D eigenvalue weighted by Crippen LogP contribution is -2.16. The van der Waals surface area contributed by atoms with Gasteiger partial charge in [0.1, 0.15) is 5.58 Å². The van der Waals surface area contributed by atoms with Gasteiger partial charge in [-0.1, -0.05) is 24.2 Å². The molecule has 5 heteroatoms. The molecule has 2 aromatic heterocycles. The minimum atomic E-state index is -0.311. The van der Waals surface area contributed by atoms with Crippen LogP contribution in [0.5, 0.6) is 0 Å². The highest BCUT2D eigenvalue weighted by Gasteiger charge is 2.09. The quantitative estimate of drug-likeness (QED) is 0.677. The Kier molecular flexibility index (Phi) is 4.30. The van der Waals surface area contributed by atoms with Gasteiger partial charge in [-0.2, -0.15) is 0 Å². The van der Waals surface area contributed by atoms with E-state index >= 15 is 0 Å². The SMILES string of the molecule is CCc1cc(CN(C)Cc2ccc3c(C)cc(=O)oc3c2)on1. The molecule has 0 N–H and O–H groups in total. The van der Waals surface area contributed by atoms with Crippen molar-refractivity contribution in [3.8, 4) is 0 Å². The van der Waals surface area contributed by atoms with E-state index in [1.807, 2.05) is 32.2 Å². The Morgan fingerprint density at radius 3 is 2.74 bits per heavy atom. The van der Waals surface area contributed by atoms with Gasteiger partial charge in [-0.3, -0.25) is 4.90 Å². The number of benzene rings is 1. The van der Waals surface area contributed by atoms with Gasteiger partial charge in [0.2, 0.25) is 0 Å². The van der Waals surface area contributed by atoms with Crippen LogP contribution in [0, 0.1) is 6.92 Å². The summed E-state index contributed by atoms with van der Waals surface area (Å²) >= 11 is 0. The monoisotopic (exact) mass is 312 g/mol. The molecule has 0 aliphatic carbocycles. The molecule has 0 aliphatic heterocycles. The first kappa shape index (κ1) is 15.5. The molecule has 0 atom stereocenters. The summed E-state index contributed by atoms with van der Waals surface area (Å²) in [6.07, 6.45) is 0.871. The van der Waals surface area contributed by atoms with Gasteiger partial charge in [-0.05, 0) is 37.6 Å². The Morgan fingerprint density at radius 2 is 2.00 bits per heavy atom. The van der Waals surface area contributed by atoms with Crippen LogP contribution in [0.3, 0.4) is 0 Å². The van der Waals surface area contributed by atoms with Crippen molar-refractivity contribution in [2.45, 2.75) is 33.4 Å². The molecule has 3 rings (SSSR count). The molecule has 0 unspecified atom stereocenters. The minimum Gasteiger partial charge on any atom is -0.423 e. The Morgan fingerprint density at radius 1 is 1.17 bits per heavy atom. The fourth-order valence-electron chi connectivity index (χ4n) is 2.70. The first-order chi connectivity index (χ1) is 11.0. The number of hydrogen-bond donors (Lipinski definition) is 0. The van der Waals surface area contributed by atoms with Crippen molar-refractivity contribution in [3.63, 3.8) is 0 Å². The number of rotatable bonds is 5. The molecular weight excluding hydrogens is 292 g/mol. The van der Waals surface area contributed by atoms with E-state index in [0.717, 1.165) is 40.9 Å². The highest BCUT2D eigenvalue weighted by molar-refractivity contribution is 5.80. The molecule has 1 aromatic carbocycles. The molecule has 0 fully saturated rings. The molecule has 2 heterocycles. The van der Waals surface area contributed by atoms with Crippen molar-refractivity contribution in [1.82, 2.24) is 10.1 Å². The first-order valence-corrected chi connectivity index (χ1v) is 7.71. The van der Waals surface area contributed by atoms with Crippen LogP contribution in [0.25, 0.3) is 11.0 Å². The Bertz CT molecular complexity index is 879. The zero-order valence-electron chi connectivity index (χ0n) is 13.6. The van der Waals surface area contributed by atoms with Crippen LogP contribution in [-0.4, -0.2) is 17.1 Å². The molecule has 23 heavy (non-hydrogen) atoms. The lowest BCUT2D eigenvalue weighted by atomic mass is 10.1. The van der Waals surface area contributed by atoms with Gasteiger partial charge in [0, 0.05) is 24.1 Å². The van der Waals surface area contributed by atoms with E-state index in [2.05, 4.69) is 23.0 Å². The molecule has 0 aliphatic rings. The van der Waals surface area contributed by atoms with Gasteiger partial charge in [-0.25, -0.2) is 4.79 Å². The summed E-state index contributed by atoms with van der Waals surface area (Å²) in [5.74, 6) is 0.854. The lowest BCUT2D eigenvalue weighted by Gasteiger charge is -2.15. The summed E-state index contributed by atoms with van der Waals surface area (Å²) in [4.78, 5) is 13.6. The maximum absolute atomic E-state index is 11.5. The smallest absolute Gasteiger partial charge is 0.336 e. The maximum atomic E-state index is 11.5. The van der Waals surface area contributed by atoms with Crippen molar-refractivity contribution in [1.29, 1.82) is 0 Å². The van der Waals surface area contributed by atoms with Crippen molar-refractivity contribution in [2.75, 3.05) is 7.05 Å². The van der Waals surface area contributed by atoms with Crippen LogP contribution >= 0.6 is 0 Å². The highest BCUT2D eigenvalue weighted by atomic mass is 16.5. The van der Waals surface area contributed by atoms with Crippen LogP contribution in [0.15, 0.2) is 44.1 Å². The molecule has 3 aromatic rings. The molecule has 0 spiro atoms. The average molecular weight is 312 g/mol. The Hall–Kier alpha value is -2.40. The topological polar surface area (TPSA) is 59.5 Å². The van der Waals surface area contributed by atoms with Gasteiger partial charge < -0.3 is 8.94 Å². The second-order valence-electron chi connectivity index (χ2n) is 5.89. The second-order valence-corrected chi connectivity index (χ2v) is 5.89. The van der Waals surface area contributed by atoms with Gasteiger partial charge in [0.05, 0.1) is 12.2 Å². The molecule has 0 saturated heterocycles. The Labute approximate surface area is 134 Å². The number of fused-ring (bicyclic) bond motifs is 1. The maximum Gasteiger partial charge on any atom is 0.336 e. The number of nitrogens with zero attached hydrogens (tertiary/aromatic N) is 2. The summed E-state index contributed by atoms with van der Waals surface area (Å²) in [5, 5.41) is 4.97. The zero-order chi connectivity index (χ0) is 16.4. The first-order valence-electron chi connectivity index (χ1n) is 7.71. The summed E-state index contributed by atoms with van der Waals surface area (Å²) in [5.41, 5.74) is 3.31. The van der Waals surface area contributed by atoms with Crippen LogP contribution in [0.1, 0.15) is 29.5 Å². The fraction of sp³-hybridized carbons (Fsp3) is 0.333. The average Bonchev–Trinajstić information content (AvgIpc) is 2.94. The third kappa shape index (κ3) is 3.51. The predicted octanol–water partition coefficient (Wildman–Crippen LogP) is 3.28. The summed E-state index contributed by atoms with van der Waals surface area (Å²) < 4.78 is 10.6. The molecule has 0 bridgehead atoms. The summed E-state index contributed by atoms with van der Waals surface area (Å²) in [6, 6.07) is 9.49. The fourth-order valence-corrected chi connectivity index (χ4v) is 2.70. The normalized spacial score (nSPS) is 11.5. The van der Waals surface area contributed by atoms with Gasteiger partial charge in [0.15, 0.2) is 5.76 Å². The third-order valence-corrected chi connectivity index (χ3v) is 3.86. The standard InChI is InChI=1S/C18H20N2O3/c1-4-14-9-15(23-19-14)11-20(3)10-13-5-6-16-12(2)7-18(21)22-17(16)8-13/h5-9H,4,10-11H2,1-3H3. The van der Waals surface area contributed by atoms with E-state index in [-0.39, 0.29) is 5.63 Å². The van der Waals surface area contributed by atoms with Crippen LogP contribution in [-0.2, 0) is 19.5 Å². The summed E-state index contributed by atoms with van der Waals surface area (Å²) in [6.45, 7) is 5.38. The lowest BCUT2D eigenvalue weighted by molar-refractivity contribution is 0.266. The van der Waals surface area contributed by atoms with E-state index in [9.17, 15) is 4.79 Å². The highest BCUT2D eigenvalue weighted by Crippen LogP contribution is 2.19. The largest absolute Gasteiger partial charge is 0.423 e. The molecular formula is C18H20N2O3. The van der Waals surface area contributed by atoms with E-state index in [4.69, 9.17) is 8.94 Å². The number of aryl methyl sites for hydroxylation is 2. The number of hydrogen-bond acceptors (Lipinski definition) is 5.